The first-order valence-electron chi connectivity index (χ1n) is 4.57. The molecule has 1 unspecified atom stereocenters. The third kappa shape index (κ3) is 1.54. The third-order valence-electron chi connectivity index (χ3n) is 2.50. The summed E-state index contributed by atoms with van der Waals surface area (Å²) < 4.78 is 15.6. The fourth-order valence-corrected chi connectivity index (χ4v) is 1.75. The molecule has 6 heteroatoms. The van der Waals surface area contributed by atoms with Crippen molar-refractivity contribution in [3.8, 4) is 0 Å². The molecule has 82 valence electrons. The van der Waals surface area contributed by atoms with E-state index < -0.39 is 37.0 Å². The Morgan fingerprint density at radius 3 is 2.43 bits per heavy atom. The van der Waals surface area contributed by atoms with Crippen LogP contribution in [0.1, 0.15) is 6.92 Å². The van der Waals surface area contributed by atoms with Crippen LogP contribution in [-0.4, -0.2) is 58.9 Å². The smallest absolute Gasteiger partial charge is 0.190 e. The second kappa shape index (κ2) is 3.73. The minimum Gasteiger partial charge on any atom is -0.394 e. The van der Waals surface area contributed by atoms with E-state index in [2.05, 4.69) is 0 Å². The van der Waals surface area contributed by atoms with Crippen LogP contribution in [0.5, 0.6) is 0 Å². The molecule has 0 radical (unpaired) electrons. The van der Waals surface area contributed by atoms with E-state index in [9.17, 15) is 10.2 Å². The Labute approximate surface area is 81.0 Å². The van der Waals surface area contributed by atoms with Gasteiger partial charge in [-0.1, -0.05) is 0 Å². The average Bonchev–Trinajstić information content (AvgIpc) is 2.52. The molecule has 0 aromatic carbocycles. The van der Waals surface area contributed by atoms with Gasteiger partial charge in [0, 0.05) is 0 Å². The van der Waals surface area contributed by atoms with E-state index in [0.717, 1.165) is 0 Å². The van der Waals surface area contributed by atoms with E-state index in [0.29, 0.717) is 0 Å². The van der Waals surface area contributed by atoms with E-state index in [1.165, 1.54) is 0 Å². The zero-order valence-corrected chi connectivity index (χ0v) is 7.74. The highest BCUT2D eigenvalue weighted by atomic mass is 16.8. The Morgan fingerprint density at radius 1 is 1.07 bits per heavy atom. The Morgan fingerprint density at radius 2 is 1.79 bits per heavy atom. The number of aliphatic hydroxyl groups excluding tert-OH is 3. The molecule has 3 N–H and O–H groups in total. The molecule has 2 aliphatic heterocycles. The van der Waals surface area contributed by atoms with Gasteiger partial charge in [0.15, 0.2) is 12.6 Å². The van der Waals surface area contributed by atoms with Gasteiger partial charge in [0.2, 0.25) is 0 Å². The van der Waals surface area contributed by atoms with Crippen molar-refractivity contribution < 1.29 is 29.5 Å². The Bertz CT molecular complexity index is 208. The topological polar surface area (TPSA) is 88.4 Å². The quantitative estimate of drug-likeness (QED) is 0.468. The maximum atomic E-state index is 9.62. The van der Waals surface area contributed by atoms with Crippen molar-refractivity contribution in [2.45, 2.75) is 43.9 Å². The number of fused-ring (bicyclic) bond motifs is 1. The summed E-state index contributed by atoms with van der Waals surface area (Å²) in [6.45, 7) is 1.31. The summed E-state index contributed by atoms with van der Waals surface area (Å²) in [7, 11) is 0. The van der Waals surface area contributed by atoms with Crippen LogP contribution < -0.4 is 0 Å². The molecule has 2 rings (SSSR count). The lowest BCUT2D eigenvalue weighted by atomic mass is 9.99. The molecular formula is C8H14O6. The van der Waals surface area contributed by atoms with Gasteiger partial charge in [-0.25, -0.2) is 0 Å². The monoisotopic (exact) mass is 206 g/mol. The van der Waals surface area contributed by atoms with Crippen molar-refractivity contribution in [1.29, 1.82) is 0 Å². The van der Waals surface area contributed by atoms with Gasteiger partial charge >= 0.3 is 0 Å². The first-order chi connectivity index (χ1) is 6.63. The second-order valence-electron chi connectivity index (χ2n) is 3.51. The molecule has 14 heavy (non-hydrogen) atoms. The molecular weight excluding hydrogens is 192 g/mol. The SMILES string of the molecule is CC1O[C@H]2O[C@H](CO)[C@@H](O)[C@H](O)[C@@H]2O1. The van der Waals surface area contributed by atoms with Crippen molar-refractivity contribution >= 4 is 0 Å². The Hall–Kier alpha value is -0.240. The average molecular weight is 206 g/mol. The van der Waals surface area contributed by atoms with Crippen LogP contribution >= 0.6 is 0 Å². The third-order valence-corrected chi connectivity index (χ3v) is 2.50. The predicted octanol–water partition coefficient (Wildman–Crippen LogP) is -1.81. The first kappa shape index (κ1) is 10.3. The molecule has 0 aromatic heterocycles. The summed E-state index contributed by atoms with van der Waals surface area (Å²) in [5, 5.41) is 28.0. The summed E-state index contributed by atoms with van der Waals surface area (Å²) in [4.78, 5) is 0. The van der Waals surface area contributed by atoms with Crippen LogP contribution in [0.25, 0.3) is 0 Å². The lowest BCUT2D eigenvalue weighted by Gasteiger charge is -2.36. The molecule has 2 saturated heterocycles. The number of hydrogen-bond donors (Lipinski definition) is 3. The maximum absolute atomic E-state index is 9.62. The van der Waals surface area contributed by atoms with Gasteiger partial charge in [-0.2, -0.15) is 0 Å². The van der Waals surface area contributed by atoms with E-state index >= 15 is 0 Å². The summed E-state index contributed by atoms with van der Waals surface area (Å²) in [6.07, 6.45) is -4.90. The van der Waals surface area contributed by atoms with Gasteiger partial charge in [-0.15, -0.1) is 0 Å². The van der Waals surface area contributed by atoms with Gasteiger partial charge in [-0.3, -0.25) is 0 Å². The molecule has 6 nitrogen and oxygen atoms in total. The van der Waals surface area contributed by atoms with E-state index in [4.69, 9.17) is 19.3 Å². The number of aliphatic hydroxyl groups is 3. The molecule has 2 heterocycles. The minimum absolute atomic E-state index is 0.362. The molecule has 2 aliphatic rings. The summed E-state index contributed by atoms with van der Waals surface area (Å²) in [6, 6.07) is 0. The summed E-state index contributed by atoms with van der Waals surface area (Å²) in [5.41, 5.74) is 0. The zero-order chi connectivity index (χ0) is 10.3. The maximum Gasteiger partial charge on any atom is 0.190 e. The summed E-state index contributed by atoms with van der Waals surface area (Å²) in [5.74, 6) is 0. The largest absolute Gasteiger partial charge is 0.394 e. The van der Waals surface area contributed by atoms with E-state index in [1.807, 2.05) is 0 Å². The molecule has 0 aromatic rings. The molecule has 0 saturated carbocycles. The lowest BCUT2D eigenvalue weighted by Crippen LogP contribution is -2.57. The molecule has 0 spiro atoms. The van der Waals surface area contributed by atoms with Crippen LogP contribution in [-0.2, 0) is 14.2 Å². The van der Waals surface area contributed by atoms with Gasteiger partial charge in [0.1, 0.15) is 24.4 Å². The summed E-state index contributed by atoms with van der Waals surface area (Å²) >= 11 is 0. The highest BCUT2D eigenvalue weighted by molar-refractivity contribution is 4.91. The van der Waals surface area contributed by atoms with Crippen molar-refractivity contribution in [1.82, 2.24) is 0 Å². The van der Waals surface area contributed by atoms with Crippen LogP contribution in [0, 0.1) is 0 Å². The van der Waals surface area contributed by atoms with Crippen LogP contribution in [0.4, 0.5) is 0 Å². The minimum atomic E-state index is -1.14. The van der Waals surface area contributed by atoms with Crippen LogP contribution in [0.2, 0.25) is 0 Å². The zero-order valence-electron chi connectivity index (χ0n) is 7.74. The fraction of sp³-hybridized carbons (Fsp3) is 1.00. The molecule has 0 aliphatic carbocycles. The van der Waals surface area contributed by atoms with Crippen LogP contribution in [0.15, 0.2) is 0 Å². The van der Waals surface area contributed by atoms with Gasteiger partial charge in [0.05, 0.1) is 6.61 Å². The van der Waals surface area contributed by atoms with Gasteiger partial charge in [0.25, 0.3) is 0 Å². The number of hydrogen-bond acceptors (Lipinski definition) is 6. The van der Waals surface area contributed by atoms with Crippen molar-refractivity contribution in [2.75, 3.05) is 6.61 Å². The standard InChI is InChI=1S/C8H14O6/c1-3-12-7-6(11)5(10)4(2-9)14-8(7)13-3/h3-11H,2H2,1H3/t3?,4-,5-,6+,7+,8+/m1/s1. The van der Waals surface area contributed by atoms with E-state index in [1.54, 1.807) is 6.92 Å². The van der Waals surface area contributed by atoms with Crippen molar-refractivity contribution in [3.05, 3.63) is 0 Å². The first-order valence-corrected chi connectivity index (χ1v) is 4.57. The van der Waals surface area contributed by atoms with E-state index in [-0.39, 0.29) is 6.61 Å². The Balaban J connectivity index is 2.09. The van der Waals surface area contributed by atoms with Crippen molar-refractivity contribution in [2.24, 2.45) is 0 Å². The highest BCUT2D eigenvalue weighted by Crippen LogP contribution is 2.30. The van der Waals surface area contributed by atoms with Gasteiger partial charge < -0.3 is 29.5 Å². The second-order valence-corrected chi connectivity index (χ2v) is 3.51. The number of ether oxygens (including phenoxy) is 3. The lowest BCUT2D eigenvalue weighted by molar-refractivity contribution is -0.252. The molecule has 2 fully saturated rings. The molecule has 0 bridgehead atoms. The predicted molar refractivity (Wildman–Crippen MR) is 43.2 cm³/mol. The fourth-order valence-electron chi connectivity index (χ4n) is 1.75. The normalized spacial score (nSPS) is 53.1. The molecule has 6 atom stereocenters. The Kier molecular flexibility index (Phi) is 2.74. The molecule has 0 amide bonds. The number of rotatable bonds is 1. The van der Waals surface area contributed by atoms with Gasteiger partial charge in [-0.05, 0) is 6.92 Å². The van der Waals surface area contributed by atoms with Crippen LogP contribution in [0.3, 0.4) is 0 Å². The highest BCUT2D eigenvalue weighted by Gasteiger charge is 2.50. The van der Waals surface area contributed by atoms with Crippen molar-refractivity contribution in [3.63, 3.8) is 0 Å².